The molecule has 0 saturated carbocycles. The summed E-state index contributed by atoms with van der Waals surface area (Å²) in [6.07, 6.45) is 2.58. The first-order chi connectivity index (χ1) is 7.20. The van der Waals surface area contributed by atoms with Gasteiger partial charge in [-0.05, 0) is 20.3 Å². The van der Waals surface area contributed by atoms with Gasteiger partial charge in [-0.1, -0.05) is 6.92 Å². The summed E-state index contributed by atoms with van der Waals surface area (Å²) in [5.74, 6) is 1.59. The van der Waals surface area contributed by atoms with E-state index in [0.717, 1.165) is 17.9 Å². The summed E-state index contributed by atoms with van der Waals surface area (Å²) >= 11 is 0. The Hall–Kier alpha value is -1.65. The van der Waals surface area contributed by atoms with E-state index in [9.17, 15) is 0 Å². The fraction of sp³-hybridized carbons (Fsp3) is 0.500. The van der Waals surface area contributed by atoms with Crippen molar-refractivity contribution in [1.29, 1.82) is 0 Å². The molecule has 0 aliphatic heterocycles. The molecule has 0 amide bonds. The second kappa shape index (κ2) is 3.84. The lowest BCUT2D eigenvalue weighted by Gasteiger charge is -2.13. The molecule has 0 saturated heterocycles. The number of nitrogens with zero attached hydrogens (tertiary/aromatic N) is 4. The van der Waals surface area contributed by atoms with Gasteiger partial charge >= 0.3 is 0 Å². The van der Waals surface area contributed by atoms with E-state index < -0.39 is 0 Å². The molecule has 0 spiro atoms. The van der Waals surface area contributed by atoms with E-state index in [4.69, 9.17) is 0 Å². The van der Waals surface area contributed by atoms with Gasteiger partial charge < -0.3 is 5.32 Å². The molecule has 0 fully saturated rings. The number of aryl methyl sites for hydroxylation is 1. The van der Waals surface area contributed by atoms with Crippen molar-refractivity contribution >= 4 is 11.6 Å². The van der Waals surface area contributed by atoms with Gasteiger partial charge in [-0.3, -0.25) is 0 Å². The van der Waals surface area contributed by atoms with Crippen LogP contribution in [0.2, 0.25) is 0 Å². The minimum atomic E-state index is 0.416. The molecule has 1 atom stereocenters. The van der Waals surface area contributed by atoms with Crippen LogP contribution in [0.4, 0.5) is 5.82 Å². The summed E-state index contributed by atoms with van der Waals surface area (Å²) < 4.78 is 1.72. The average Bonchev–Trinajstić information content (AvgIpc) is 2.65. The van der Waals surface area contributed by atoms with Crippen LogP contribution in [0.3, 0.4) is 0 Å². The molecule has 2 aromatic rings. The summed E-state index contributed by atoms with van der Waals surface area (Å²) in [4.78, 5) is 8.35. The van der Waals surface area contributed by atoms with E-state index in [1.54, 1.807) is 4.52 Å². The van der Waals surface area contributed by atoms with Gasteiger partial charge in [-0.2, -0.15) is 14.6 Å². The second-order valence-corrected chi connectivity index (χ2v) is 3.71. The highest BCUT2D eigenvalue weighted by molar-refractivity contribution is 5.45. The molecular formula is C10H15N5. The molecule has 80 valence electrons. The topological polar surface area (TPSA) is 55.1 Å². The number of anilines is 1. The Kier molecular flexibility index (Phi) is 2.53. The van der Waals surface area contributed by atoms with Crippen LogP contribution in [-0.4, -0.2) is 25.6 Å². The van der Waals surface area contributed by atoms with Crippen molar-refractivity contribution in [2.24, 2.45) is 0 Å². The Balaban J connectivity index is 2.44. The predicted molar refractivity (Wildman–Crippen MR) is 58.9 cm³/mol. The SMILES string of the molecule is CC[C@@H](C)Nc1cc(C)nc2ncnn12. The number of hydrogen-bond acceptors (Lipinski definition) is 4. The maximum absolute atomic E-state index is 4.28. The molecule has 2 heterocycles. The standard InChI is InChI=1S/C10H15N5/c1-4-7(2)13-9-5-8(3)14-10-11-6-12-15(9)10/h5-7,13H,4H2,1-3H3/t7-/m1/s1. The van der Waals surface area contributed by atoms with Gasteiger partial charge in [0.05, 0.1) is 0 Å². The van der Waals surface area contributed by atoms with Gasteiger partial charge in [0.15, 0.2) is 0 Å². The van der Waals surface area contributed by atoms with Crippen LogP contribution in [0.25, 0.3) is 5.78 Å². The largest absolute Gasteiger partial charge is 0.367 e. The van der Waals surface area contributed by atoms with E-state index in [0.29, 0.717) is 11.8 Å². The predicted octanol–water partition coefficient (Wildman–Crippen LogP) is 1.64. The van der Waals surface area contributed by atoms with Crippen molar-refractivity contribution in [2.75, 3.05) is 5.32 Å². The molecule has 5 nitrogen and oxygen atoms in total. The Bertz CT molecular complexity index is 462. The first-order valence-electron chi connectivity index (χ1n) is 5.14. The van der Waals surface area contributed by atoms with E-state index in [2.05, 4.69) is 34.2 Å². The van der Waals surface area contributed by atoms with Crippen LogP contribution in [0.15, 0.2) is 12.4 Å². The van der Waals surface area contributed by atoms with E-state index in [1.165, 1.54) is 6.33 Å². The minimum Gasteiger partial charge on any atom is -0.367 e. The van der Waals surface area contributed by atoms with Crippen LogP contribution in [0.1, 0.15) is 26.0 Å². The Morgan fingerprint density at radius 2 is 2.33 bits per heavy atom. The zero-order valence-corrected chi connectivity index (χ0v) is 9.23. The van der Waals surface area contributed by atoms with Gasteiger partial charge in [-0.25, -0.2) is 4.98 Å². The smallest absolute Gasteiger partial charge is 0.254 e. The molecule has 1 N–H and O–H groups in total. The van der Waals surface area contributed by atoms with Crippen LogP contribution < -0.4 is 5.32 Å². The molecule has 2 rings (SSSR count). The van der Waals surface area contributed by atoms with Gasteiger partial charge in [0, 0.05) is 17.8 Å². The number of hydrogen-bond donors (Lipinski definition) is 1. The molecule has 0 aliphatic rings. The van der Waals surface area contributed by atoms with Crippen molar-refractivity contribution in [1.82, 2.24) is 19.6 Å². The monoisotopic (exact) mass is 205 g/mol. The van der Waals surface area contributed by atoms with Gasteiger partial charge in [0.1, 0.15) is 12.1 Å². The van der Waals surface area contributed by atoms with Crippen LogP contribution >= 0.6 is 0 Å². The van der Waals surface area contributed by atoms with Crippen molar-refractivity contribution < 1.29 is 0 Å². The Labute approximate surface area is 88.6 Å². The fourth-order valence-corrected chi connectivity index (χ4v) is 1.39. The normalized spacial score (nSPS) is 13.0. The molecule has 0 unspecified atom stereocenters. The van der Waals surface area contributed by atoms with Crippen molar-refractivity contribution in [2.45, 2.75) is 33.2 Å². The molecule has 0 aliphatic carbocycles. The minimum absolute atomic E-state index is 0.416. The number of fused-ring (bicyclic) bond motifs is 1. The highest BCUT2D eigenvalue weighted by atomic mass is 15.4. The first-order valence-corrected chi connectivity index (χ1v) is 5.14. The van der Waals surface area contributed by atoms with E-state index in [-0.39, 0.29) is 0 Å². The summed E-state index contributed by atoms with van der Waals surface area (Å²) in [6, 6.07) is 2.40. The van der Waals surface area contributed by atoms with Crippen molar-refractivity contribution in [3.05, 3.63) is 18.1 Å². The first kappa shape index (κ1) is 9.89. The van der Waals surface area contributed by atoms with Crippen LogP contribution in [0.5, 0.6) is 0 Å². The highest BCUT2D eigenvalue weighted by Gasteiger charge is 2.06. The lowest BCUT2D eigenvalue weighted by Crippen LogP contribution is -2.16. The third-order valence-corrected chi connectivity index (χ3v) is 2.39. The van der Waals surface area contributed by atoms with Gasteiger partial charge in [0.25, 0.3) is 5.78 Å². The second-order valence-electron chi connectivity index (χ2n) is 3.71. The number of rotatable bonds is 3. The molecule has 0 radical (unpaired) electrons. The zero-order valence-electron chi connectivity index (χ0n) is 9.23. The van der Waals surface area contributed by atoms with Gasteiger partial charge in [-0.15, -0.1) is 0 Å². The molecular weight excluding hydrogens is 190 g/mol. The fourth-order valence-electron chi connectivity index (χ4n) is 1.39. The lowest BCUT2D eigenvalue weighted by molar-refractivity contribution is 0.748. The lowest BCUT2D eigenvalue weighted by atomic mass is 10.2. The maximum atomic E-state index is 4.28. The van der Waals surface area contributed by atoms with E-state index in [1.807, 2.05) is 13.0 Å². The molecule has 15 heavy (non-hydrogen) atoms. The third-order valence-electron chi connectivity index (χ3n) is 2.39. The maximum Gasteiger partial charge on any atom is 0.254 e. The summed E-state index contributed by atoms with van der Waals surface area (Å²) in [5.41, 5.74) is 0.946. The summed E-state index contributed by atoms with van der Waals surface area (Å²) in [6.45, 7) is 6.24. The Morgan fingerprint density at radius 3 is 3.07 bits per heavy atom. The van der Waals surface area contributed by atoms with Crippen molar-refractivity contribution in [3.63, 3.8) is 0 Å². The van der Waals surface area contributed by atoms with Crippen molar-refractivity contribution in [3.8, 4) is 0 Å². The van der Waals surface area contributed by atoms with Crippen LogP contribution in [0, 0.1) is 6.92 Å². The third kappa shape index (κ3) is 1.91. The molecule has 2 aromatic heterocycles. The molecule has 0 bridgehead atoms. The quantitative estimate of drug-likeness (QED) is 0.827. The Morgan fingerprint density at radius 1 is 1.53 bits per heavy atom. The highest BCUT2D eigenvalue weighted by Crippen LogP contribution is 2.11. The average molecular weight is 205 g/mol. The summed E-state index contributed by atoms with van der Waals surface area (Å²) in [7, 11) is 0. The molecule has 0 aromatic carbocycles. The van der Waals surface area contributed by atoms with Crippen LogP contribution in [-0.2, 0) is 0 Å². The number of aromatic nitrogens is 4. The van der Waals surface area contributed by atoms with E-state index >= 15 is 0 Å². The van der Waals surface area contributed by atoms with Gasteiger partial charge in [0.2, 0.25) is 0 Å². The zero-order chi connectivity index (χ0) is 10.8. The molecule has 5 heteroatoms. The number of nitrogens with one attached hydrogen (secondary N) is 1. The summed E-state index contributed by atoms with van der Waals surface area (Å²) in [5, 5.41) is 7.51.